The van der Waals surface area contributed by atoms with Gasteiger partial charge in [0.25, 0.3) is 5.91 Å². The fraction of sp³-hybridized carbons (Fsp3) is 0.400. The smallest absolute Gasteiger partial charge is 0.341 e. The maximum absolute atomic E-state index is 12.5. The van der Waals surface area contributed by atoms with E-state index in [9.17, 15) is 9.59 Å². The summed E-state index contributed by atoms with van der Waals surface area (Å²) in [4.78, 5) is 26.7. The van der Waals surface area contributed by atoms with Crippen molar-refractivity contribution in [2.75, 3.05) is 32.6 Å². The van der Waals surface area contributed by atoms with E-state index in [-0.39, 0.29) is 12.5 Å². The molecule has 7 heteroatoms. The number of nitrogens with one attached hydrogen (secondary N) is 2. The Morgan fingerprint density at radius 1 is 1.26 bits per heavy atom. The molecule has 2 rings (SSSR count). The normalized spacial score (nSPS) is 11.7. The van der Waals surface area contributed by atoms with E-state index >= 15 is 0 Å². The van der Waals surface area contributed by atoms with Gasteiger partial charge in [-0.3, -0.25) is 4.79 Å². The molecule has 1 aromatic heterocycles. The summed E-state index contributed by atoms with van der Waals surface area (Å²) < 4.78 is 10.4. The summed E-state index contributed by atoms with van der Waals surface area (Å²) in [6.07, 6.45) is 0. The molecular weight excluding hydrogens is 364 g/mol. The third-order valence-electron chi connectivity index (χ3n) is 4.22. The Morgan fingerprint density at radius 2 is 2.00 bits per heavy atom. The van der Waals surface area contributed by atoms with Crippen LogP contribution in [-0.4, -0.2) is 39.2 Å². The number of aryl methyl sites for hydroxylation is 1. The Balaban J connectivity index is 2.02. The molecule has 0 spiro atoms. The van der Waals surface area contributed by atoms with Gasteiger partial charge in [0, 0.05) is 10.4 Å². The highest BCUT2D eigenvalue weighted by Gasteiger charge is 2.23. The van der Waals surface area contributed by atoms with Crippen LogP contribution in [0.2, 0.25) is 0 Å². The molecule has 0 aliphatic heterocycles. The van der Waals surface area contributed by atoms with Crippen molar-refractivity contribution in [2.24, 2.45) is 0 Å². The topological polar surface area (TPSA) is 69.1 Å². The van der Waals surface area contributed by atoms with Gasteiger partial charge >= 0.3 is 5.97 Å². The van der Waals surface area contributed by atoms with E-state index in [0.717, 1.165) is 26.7 Å². The number of carbonyl (C=O) groups excluding carboxylic acids is 2. The summed E-state index contributed by atoms with van der Waals surface area (Å²) >= 11 is 1.40. The van der Waals surface area contributed by atoms with E-state index < -0.39 is 5.97 Å². The largest absolute Gasteiger partial charge is 0.497 e. The second-order valence-corrected chi connectivity index (χ2v) is 7.64. The SMILES string of the molecule is CCOC(=O)c1c(NC(=O)C[NH+](C)Cc2cccc(OC)c2)sc(C)c1C. The first kappa shape index (κ1) is 20.9. The fourth-order valence-electron chi connectivity index (χ4n) is 2.80. The molecule has 27 heavy (non-hydrogen) atoms. The highest BCUT2D eigenvalue weighted by Crippen LogP contribution is 2.32. The molecule has 0 radical (unpaired) electrons. The number of hydrogen-bond acceptors (Lipinski definition) is 5. The lowest BCUT2D eigenvalue weighted by atomic mass is 10.1. The number of rotatable bonds is 8. The van der Waals surface area contributed by atoms with Crippen LogP contribution in [0.15, 0.2) is 24.3 Å². The molecular formula is C20H27N2O4S+. The number of esters is 1. The van der Waals surface area contributed by atoms with Gasteiger partial charge in [-0.15, -0.1) is 11.3 Å². The van der Waals surface area contributed by atoms with Gasteiger partial charge in [0.15, 0.2) is 6.54 Å². The van der Waals surface area contributed by atoms with Crippen LogP contribution in [0.1, 0.15) is 33.3 Å². The second-order valence-electron chi connectivity index (χ2n) is 6.42. The van der Waals surface area contributed by atoms with Crippen LogP contribution in [0.25, 0.3) is 0 Å². The van der Waals surface area contributed by atoms with E-state index in [1.54, 1.807) is 14.0 Å². The molecule has 1 atom stereocenters. The number of carbonyl (C=O) groups is 2. The van der Waals surface area contributed by atoms with Crippen LogP contribution < -0.4 is 15.0 Å². The minimum Gasteiger partial charge on any atom is -0.497 e. The summed E-state index contributed by atoms with van der Waals surface area (Å²) in [5, 5.41) is 3.44. The molecule has 2 N–H and O–H groups in total. The zero-order valence-electron chi connectivity index (χ0n) is 16.5. The van der Waals surface area contributed by atoms with Crippen molar-refractivity contribution < 1.29 is 24.0 Å². The summed E-state index contributed by atoms with van der Waals surface area (Å²) in [5.41, 5.74) is 2.40. The van der Waals surface area contributed by atoms with Crippen LogP contribution in [0, 0.1) is 13.8 Å². The maximum atomic E-state index is 12.5. The number of anilines is 1. The summed E-state index contributed by atoms with van der Waals surface area (Å²) in [6, 6.07) is 7.80. The molecule has 1 amide bonds. The Kier molecular flexibility index (Phi) is 7.38. The van der Waals surface area contributed by atoms with Crippen molar-refractivity contribution in [1.82, 2.24) is 0 Å². The average Bonchev–Trinajstić information content (AvgIpc) is 2.88. The van der Waals surface area contributed by atoms with E-state index in [0.29, 0.717) is 23.7 Å². The molecule has 146 valence electrons. The molecule has 1 unspecified atom stereocenters. The number of likely N-dealkylation sites (N-methyl/N-ethyl adjacent to an activating group) is 1. The van der Waals surface area contributed by atoms with Gasteiger partial charge in [-0.2, -0.15) is 0 Å². The molecule has 0 fully saturated rings. The molecule has 2 aromatic rings. The molecule has 0 bridgehead atoms. The number of hydrogen-bond donors (Lipinski definition) is 2. The minimum atomic E-state index is -0.397. The molecule has 0 aliphatic rings. The number of thiophene rings is 1. The highest BCUT2D eigenvalue weighted by atomic mass is 32.1. The quantitative estimate of drug-likeness (QED) is 0.677. The van der Waals surface area contributed by atoms with Gasteiger partial charge in [-0.25, -0.2) is 4.79 Å². The monoisotopic (exact) mass is 391 g/mol. The number of methoxy groups -OCH3 is 1. The van der Waals surface area contributed by atoms with Gasteiger partial charge in [0.1, 0.15) is 17.3 Å². The number of ether oxygens (including phenoxy) is 2. The van der Waals surface area contributed by atoms with Crippen LogP contribution in [-0.2, 0) is 16.1 Å². The lowest BCUT2D eigenvalue weighted by Gasteiger charge is -2.14. The van der Waals surface area contributed by atoms with E-state index in [4.69, 9.17) is 9.47 Å². The molecule has 1 heterocycles. The fourth-order valence-corrected chi connectivity index (χ4v) is 3.87. The molecule has 0 saturated carbocycles. The van der Waals surface area contributed by atoms with Crippen molar-refractivity contribution in [3.63, 3.8) is 0 Å². The first-order chi connectivity index (χ1) is 12.8. The number of amides is 1. The van der Waals surface area contributed by atoms with Gasteiger partial charge in [-0.05, 0) is 38.5 Å². The Morgan fingerprint density at radius 3 is 2.67 bits per heavy atom. The van der Waals surface area contributed by atoms with E-state index in [1.807, 2.05) is 45.2 Å². The number of quaternary nitrogens is 1. The van der Waals surface area contributed by atoms with Crippen LogP contribution in [0.5, 0.6) is 5.75 Å². The van der Waals surface area contributed by atoms with Gasteiger partial charge in [0.2, 0.25) is 0 Å². The van der Waals surface area contributed by atoms with Crippen molar-refractivity contribution in [3.8, 4) is 5.75 Å². The van der Waals surface area contributed by atoms with Gasteiger partial charge < -0.3 is 19.7 Å². The molecule has 0 aliphatic carbocycles. The summed E-state index contributed by atoms with van der Waals surface area (Å²) in [5.74, 6) is 0.266. The standard InChI is InChI=1S/C20H26N2O4S/c1-6-26-20(24)18-13(2)14(3)27-19(18)21-17(23)12-22(4)11-15-8-7-9-16(10-15)25-5/h7-10H,6,11-12H2,1-5H3,(H,21,23)/p+1. The predicted octanol–water partition coefficient (Wildman–Crippen LogP) is 2.20. The average molecular weight is 392 g/mol. The second kappa shape index (κ2) is 9.53. The van der Waals surface area contributed by atoms with Gasteiger partial charge in [0.05, 0.1) is 26.3 Å². The first-order valence-corrected chi connectivity index (χ1v) is 9.68. The van der Waals surface area contributed by atoms with Crippen molar-refractivity contribution >= 4 is 28.2 Å². The van der Waals surface area contributed by atoms with Crippen molar-refractivity contribution in [2.45, 2.75) is 27.3 Å². The molecule has 1 aromatic carbocycles. The minimum absolute atomic E-state index is 0.137. The summed E-state index contributed by atoms with van der Waals surface area (Å²) in [6.45, 7) is 6.84. The zero-order chi connectivity index (χ0) is 20.0. The highest BCUT2D eigenvalue weighted by molar-refractivity contribution is 7.16. The first-order valence-electron chi connectivity index (χ1n) is 8.86. The molecule has 0 saturated heterocycles. The summed E-state index contributed by atoms with van der Waals surface area (Å²) in [7, 11) is 3.59. The van der Waals surface area contributed by atoms with E-state index in [1.165, 1.54) is 11.3 Å². The zero-order valence-corrected chi connectivity index (χ0v) is 17.3. The number of benzene rings is 1. The van der Waals surface area contributed by atoms with Crippen LogP contribution in [0.4, 0.5) is 5.00 Å². The third-order valence-corrected chi connectivity index (χ3v) is 5.34. The predicted molar refractivity (Wildman–Crippen MR) is 107 cm³/mol. The lowest BCUT2D eigenvalue weighted by molar-refractivity contribution is -0.885. The van der Waals surface area contributed by atoms with E-state index in [2.05, 4.69) is 5.32 Å². The Hall–Kier alpha value is -2.38. The maximum Gasteiger partial charge on any atom is 0.341 e. The Labute approximate surface area is 164 Å². The van der Waals surface area contributed by atoms with Crippen molar-refractivity contribution in [1.29, 1.82) is 0 Å². The van der Waals surface area contributed by atoms with Gasteiger partial charge in [-0.1, -0.05) is 12.1 Å². The molecule has 6 nitrogen and oxygen atoms in total. The third kappa shape index (κ3) is 5.55. The van der Waals surface area contributed by atoms with Crippen LogP contribution in [0.3, 0.4) is 0 Å². The lowest BCUT2D eigenvalue weighted by Crippen LogP contribution is -3.08. The Bertz CT molecular complexity index is 816. The van der Waals surface area contributed by atoms with Crippen LogP contribution >= 0.6 is 11.3 Å². The van der Waals surface area contributed by atoms with Crippen molar-refractivity contribution in [3.05, 3.63) is 45.8 Å².